The Labute approximate surface area is 111 Å². The Morgan fingerprint density at radius 1 is 1.53 bits per heavy atom. The van der Waals surface area contributed by atoms with Gasteiger partial charge in [0.1, 0.15) is 12.9 Å². The van der Waals surface area contributed by atoms with Crippen LogP contribution >= 0.6 is 0 Å². The van der Waals surface area contributed by atoms with Gasteiger partial charge in [0.05, 0.1) is 0 Å². The van der Waals surface area contributed by atoms with E-state index in [4.69, 9.17) is 10.5 Å². The molecular weight excluding hydrogens is 250 g/mol. The summed E-state index contributed by atoms with van der Waals surface area (Å²) < 4.78 is 6.24. The SMILES string of the molecule is CCC(C)NC(=O)C(C)OC(=O)Cn1cnc(N)n1. The highest BCUT2D eigenvalue weighted by atomic mass is 16.5. The van der Waals surface area contributed by atoms with Crippen molar-refractivity contribution in [1.29, 1.82) is 0 Å². The monoisotopic (exact) mass is 269 g/mol. The van der Waals surface area contributed by atoms with E-state index in [1.165, 1.54) is 17.9 Å². The van der Waals surface area contributed by atoms with Gasteiger partial charge < -0.3 is 15.8 Å². The highest BCUT2D eigenvalue weighted by molar-refractivity contribution is 5.83. The van der Waals surface area contributed by atoms with Crippen LogP contribution < -0.4 is 11.1 Å². The van der Waals surface area contributed by atoms with E-state index in [0.717, 1.165) is 6.42 Å². The maximum Gasteiger partial charge on any atom is 0.328 e. The molecule has 19 heavy (non-hydrogen) atoms. The number of amides is 1. The minimum Gasteiger partial charge on any atom is -0.451 e. The van der Waals surface area contributed by atoms with E-state index in [-0.39, 0.29) is 24.4 Å². The van der Waals surface area contributed by atoms with Crippen molar-refractivity contribution in [1.82, 2.24) is 20.1 Å². The van der Waals surface area contributed by atoms with E-state index in [2.05, 4.69) is 15.4 Å². The lowest BCUT2D eigenvalue weighted by molar-refractivity contribution is -0.155. The second-order valence-electron chi connectivity index (χ2n) is 4.25. The molecule has 1 rings (SSSR count). The number of nitrogens with two attached hydrogens (primary N) is 1. The Bertz CT molecular complexity index is 445. The molecular formula is C11H19N5O3. The van der Waals surface area contributed by atoms with Crippen molar-refractivity contribution >= 4 is 17.8 Å². The van der Waals surface area contributed by atoms with E-state index in [9.17, 15) is 9.59 Å². The van der Waals surface area contributed by atoms with Crippen LogP contribution in [0, 0.1) is 0 Å². The van der Waals surface area contributed by atoms with Crippen molar-refractivity contribution in [3.63, 3.8) is 0 Å². The second-order valence-corrected chi connectivity index (χ2v) is 4.25. The molecule has 1 aromatic rings. The van der Waals surface area contributed by atoms with Crippen molar-refractivity contribution in [2.24, 2.45) is 0 Å². The largest absolute Gasteiger partial charge is 0.451 e. The molecule has 0 fully saturated rings. The number of anilines is 1. The lowest BCUT2D eigenvalue weighted by Crippen LogP contribution is -2.40. The summed E-state index contributed by atoms with van der Waals surface area (Å²) in [7, 11) is 0. The predicted molar refractivity (Wildman–Crippen MR) is 67.9 cm³/mol. The van der Waals surface area contributed by atoms with E-state index in [0.29, 0.717) is 0 Å². The number of nitrogens with zero attached hydrogens (tertiary/aromatic N) is 3. The zero-order chi connectivity index (χ0) is 14.4. The fourth-order valence-corrected chi connectivity index (χ4v) is 1.27. The van der Waals surface area contributed by atoms with Crippen LogP contribution in [0.25, 0.3) is 0 Å². The number of nitrogens with one attached hydrogen (secondary N) is 1. The number of carbonyl (C=O) groups is 2. The van der Waals surface area contributed by atoms with Crippen LogP contribution in [0.15, 0.2) is 6.33 Å². The molecule has 0 aliphatic carbocycles. The molecule has 1 amide bonds. The molecule has 0 spiro atoms. The fourth-order valence-electron chi connectivity index (χ4n) is 1.27. The summed E-state index contributed by atoms with van der Waals surface area (Å²) >= 11 is 0. The summed E-state index contributed by atoms with van der Waals surface area (Å²) in [5.74, 6) is -0.812. The van der Waals surface area contributed by atoms with Gasteiger partial charge in [0.2, 0.25) is 5.95 Å². The minimum atomic E-state index is -0.845. The van der Waals surface area contributed by atoms with Gasteiger partial charge in [0, 0.05) is 6.04 Å². The molecule has 8 heteroatoms. The Kier molecular flexibility index (Phi) is 5.28. The van der Waals surface area contributed by atoms with Crippen molar-refractivity contribution in [3.8, 4) is 0 Å². The Balaban J connectivity index is 2.41. The average Bonchev–Trinajstić information content (AvgIpc) is 2.74. The van der Waals surface area contributed by atoms with Gasteiger partial charge in [-0.1, -0.05) is 6.92 Å². The molecule has 1 aromatic heterocycles. The number of nitrogen functional groups attached to an aromatic ring is 1. The summed E-state index contributed by atoms with van der Waals surface area (Å²) in [4.78, 5) is 26.9. The Morgan fingerprint density at radius 3 is 2.74 bits per heavy atom. The number of hydrogen-bond acceptors (Lipinski definition) is 6. The Hall–Kier alpha value is -2.12. The predicted octanol–water partition coefficient (Wildman–Crippen LogP) is -0.293. The lowest BCUT2D eigenvalue weighted by Gasteiger charge is -2.16. The number of hydrogen-bond donors (Lipinski definition) is 2. The highest BCUT2D eigenvalue weighted by Crippen LogP contribution is 1.98. The molecule has 0 saturated carbocycles. The summed E-state index contributed by atoms with van der Waals surface area (Å²) in [5.41, 5.74) is 5.31. The van der Waals surface area contributed by atoms with Gasteiger partial charge in [-0.05, 0) is 20.3 Å². The van der Waals surface area contributed by atoms with Gasteiger partial charge in [-0.25, -0.2) is 9.67 Å². The summed E-state index contributed by atoms with van der Waals surface area (Å²) in [5, 5.41) is 6.48. The standard InChI is InChI=1S/C11H19N5O3/c1-4-7(2)14-10(18)8(3)19-9(17)5-16-6-13-11(12)15-16/h6-8H,4-5H2,1-3H3,(H2,12,15)(H,14,18). The van der Waals surface area contributed by atoms with Crippen molar-refractivity contribution in [2.75, 3.05) is 5.73 Å². The molecule has 0 aliphatic heterocycles. The maximum absolute atomic E-state index is 11.7. The molecule has 3 N–H and O–H groups in total. The molecule has 0 aliphatic rings. The van der Waals surface area contributed by atoms with Crippen molar-refractivity contribution < 1.29 is 14.3 Å². The van der Waals surface area contributed by atoms with Crippen molar-refractivity contribution in [3.05, 3.63) is 6.33 Å². The zero-order valence-electron chi connectivity index (χ0n) is 11.3. The normalized spacial score (nSPS) is 13.6. The third-order valence-corrected chi connectivity index (χ3v) is 2.52. The van der Waals surface area contributed by atoms with Crippen LogP contribution in [0.2, 0.25) is 0 Å². The molecule has 0 radical (unpaired) electrons. The van der Waals surface area contributed by atoms with Crippen LogP contribution in [-0.2, 0) is 20.9 Å². The molecule has 106 valence electrons. The molecule has 2 atom stereocenters. The molecule has 8 nitrogen and oxygen atoms in total. The quantitative estimate of drug-likeness (QED) is 0.686. The third kappa shape index (κ3) is 4.94. The molecule has 2 unspecified atom stereocenters. The van der Waals surface area contributed by atoms with Gasteiger partial charge >= 0.3 is 5.97 Å². The Morgan fingerprint density at radius 2 is 2.21 bits per heavy atom. The summed E-state index contributed by atoms with van der Waals surface area (Å²) in [6.07, 6.45) is 1.29. The topological polar surface area (TPSA) is 112 Å². The smallest absolute Gasteiger partial charge is 0.328 e. The number of ether oxygens (including phenoxy) is 1. The fraction of sp³-hybridized carbons (Fsp3) is 0.636. The molecule has 0 saturated heterocycles. The summed E-state index contributed by atoms with van der Waals surface area (Å²) in [6.45, 7) is 5.22. The number of rotatable bonds is 6. The average molecular weight is 269 g/mol. The summed E-state index contributed by atoms with van der Waals surface area (Å²) in [6, 6.07) is 0.0452. The van der Waals surface area contributed by atoms with E-state index in [1.54, 1.807) is 0 Å². The van der Waals surface area contributed by atoms with Gasteiger partial charge in [0.15, 0.2) is 6.10 Å². The second kappa shape index (κ2) is 6.72. The lowest BCUT2D eigenvalue weighted by atomic mass is 10.2. The third-order valence-electron chi connectivity index (χ3n) is 2.52. The van der Waals surface area contributed by atoms with Gasteiger partial charge in [-0.15, -0.1) is 5.10 Å². The van der Waals surface area contributed by atoms with Gasteiger partial charge in [-0.2, -0.15) is 0 Å². The van der Waals surface area contributed by atoms with E-state index >= 15 is 0 Å². The van der Waals surface area contributed by atoms with E-state index < -0.39 is 12.1 Å². The first-order valence-corrected chi connectivity index (χ1v) is 6.07. The molecule has 0 aromatic carbocycles. The first kappa shape index (κ1) is 14.9. The van der Waals surface area contributed by atoms with Gasteiger partial charge in [-0.3, -0.25) is 9.59 Å². The molecule has 0 bridgehead atoms. The first-order chi connectivity index (χ1) is 8.92. The number of aromatic nitrogens is 3. The number of carbonyl (C=O) groups excluding carboxylic acids is 2. The van der Waals surface area contributed by atoms with Gasteiger partial charge in [0.25, 0.3) is 5.91 Å². The van der Waals surface area contributed by atoms with Crippen LogP contribution in [0.3, 0.4) is 0 Å². The van der Waals surface area contributed by atoms with Crippen LogP contribution in [0.5, 0.6) is 0 Å². The van der Waals surface area contributed by atoms with E-state index in [1.807, 2.05) is 13.8 Å². The molecule has 1 heterocycles. The van der Waals surface area contributed by atoms with Crippen molar-refractivity contribution in [2.45, 2.75) is 45.9 Å². The zero-order valence-corrected chi connectivity index (χ0v) is 11.3. The van der Waals surface area contributed by atoms with Crippen LogP contribution in [0.1, 0.15) is 27.2 Å². The maximum atomic E-state index is 11.7. The minimum absolute atomic E-state index is 0.0452. The van der Waals surface area contributed by atoms with Crippen LogP contribution in [0.4, 0.5) is 5.95 Å². The number of esters is 1. The van der Waals surface area contributed by atoms with Crippen LogP contribution in [-0.4, -0.2) is 38.8 Å². The highest BCUT2D eigenvalue weighted by Gasteiger charge is 2.19. The first-order valence-electron chi connectivity index (χ1n) is 6.07.